The molecule has 0 unspecified atom stereocenters. The molecule has 0 aliphatic heterocycles. The SMILES string of the molecule is CC1=C(/C=C/C(C)=C/C=C/C(C)=C/C(=O)O)[C@@H](C(N)=O)CCC1. The van der Waals surface area contributed by atoms with Crippen molar-refractivity contribution >= 4 is 11.9 Å². The van der Waals surface area contributed by atoms with Gasteiger partial charge in [-0.2, -0.15) is 0 Å². The lowest BCUT2D eigenvalue weighted by Gasteiger charge is -2.23. The van der Waals surface area contributed by atoms with E-state index in [-0.39, 0.29) is 11.8 Å². The van der Waals surface area contributed by atoms with Gasteiger partial charge in [-0.05, 0) is 51.2 Å². The van der Waals surface area contributed by atoms with Gasteiger partial charge in [-0.25, -0.2) is 4.79 Å². The molecule has 0 fully saturated rings. The van der Waals surface area contributed by atoms with Gasteiger partial charge >= 0.3 is 5.97 Å². The predicted molar refractivity (Wildman–Crippen MR) is 92.7 cm³/mol. The van der Waals surface area contributed by atoms with E-state index >= 15 is 0 Å². The van der Waals surface area contributed by atoms with Gasteiger partial charge in [0.1, 0.15) is 0 Å². The number of rotatable bonds is 6. The van der Waals surface area contributed by atoms with Gasteiger partial charge < -0.3 is 10.8 Å². The minimum Gasteiger partial charge on any atom is -0.478 e. The minimum atomic E-state index is -0.954. The molecule has 0 radical (unpaired) electrons. The zero-order chi connectivity index (χ0) is 17.4. The summed E-state index contributed by atoms with van der Waals surface area (Å²) < 4.78 is 0. The van der Waals surface area contributed by atoms with Crippen LogP contribution in [-0.4, -0.2) is 17.0 Å². The number of aliphatic carboxylic acids is 1. The van der Waals surface area contributed by atoms with Crippen LogP contribution >= 0.6 is 0 Å². The van der Waals surface area contributed by atoms with Gasteiger partial charge in [-0.15, -0.1) is 0 Å². The van der Waals surface area contributed by atoms with Crippen LogP contribution in [0.1, 0.15) is 40.0 Å². The van der Waals surface area contributed by atoms with Crippen molar-refractivity contribution in [1.82, 2.24) is 0 Å². The molecule has 0 aromatic carbocycles. The summed E-state index contributed by atoms with van der Waals surface area (Å²) in [6, 6.07) is 0. The largest absolute Gasteiger partial charge is 0.478 e. The maximum atomic E-state index is 11.6. The number of nitrogens with two attached hydrogens (primary N) is 1. The fourth-order valence-corrected chi connectivity index (χ4v) is 2.59. The smallest absolute Gasteiger partial charge is 0.328 e. The molecule has 4 heteroatoms. The highest BCUT2D eigenvalue weighted by Crippen LogP contribution is 2.30. The second-order valence-corrected chi connectivity index (χ2v) is 5.91. The van der Waals surface area contributed by atoms with E-state index in [0.717, 1.165) is 36.5 Å². The molecule has 0 saturated carbocycles. The zero-order valence-electron chi connectivity index (χ0n) is 14.0. The number of amides is 1. The zero-order valence-corrected chi connectivity index (χ0v) is 14.0. The van der Waals surface area contributed by atoms with E-state index in [1.165, 1.54) is 5.57 Å². The second-order valence-electron chi connectivity index (χ2n) is 5.91. The van der Waals surface area contributed by atoms with Crippen molar-refractivity contribution in [2.24, 2.45) is 11.7 Å². The molecule has 0 bridgehead atoms. The fourth-order valence-electron chi connectivity index (χ4n) is 2.59. The molecule has 1 aliphatic rings. The summed E-state index contributed by atoms with van der Waals surface area (Å²) in [7, 11) is 0. The predicted octanol–water partition coefficient (Wildman–Crippen LogP) is 3.68. The molecule has 0 aromatic heterocycles. The molecule has 1 atom stereocenters. The average molecular weight is 315 g/mol. The van der Waals surface area contributed by atoms with Crippen molar-refractivity contribution < 1.29 is 14.7 Å². The maximum absolute atomic E-state index is 11.6. The molecular formula is C19H25NO3. The average Bonchev–Trinajstić information content (AvgIpc) is 2.44. The van der Waals surface area contributed by atoms with Crippen molar-refractivity contribution in [2.45, 2.75) is 40.0 Å². The number of allylic oxidation sites excluding steroid dienone is 8. The Hall–Kier alpha value is -2.36. The molecule has 0 spiro atoms. The highest BCUT2D eigenvalue weighted by molar-refractivity contribution is 5.81. The van der Waals surface area contributed by atoms with Crippen LogP contribution in [-0.2, 0) is 9.59 Å². The van der Waals surface area contributed by atoms with Crippen LogP contribution in [0.2, 0.25) is 0 Å². The van der Waals surface area contributed by atoms with Crippen LogP contribution in [0.5, 0.6) is 0 Å². The number of carbonyl (C=O) groups excluding carboxylic acids is 1. The van der Waals surface area contributed by atoms with Gasteiger partial charge in [-0.1, -0.05) is 41.5 Å². The number of carboxylic acids is 1. The maximum Gasteiger partial charge on any atom is 0.328 e. The van der Waals surface area contributed by atoms with E-state index in [1.807, 2.05) is 38.2 Å². The van der Waals surface area contributed by atoms with Crippen LogP contribution in [0.15, 0.2) is 58.7 Å². The molecule has 1 aliphatic carbocycles. The van der Waals surface area contributed by atoms with Crippen molar-refractivity contribution in [2.75, 3.05) is 0 Å². The molecule has 124 valence electrons. The van der Waals surface area contributed by atoms with E-state index in [0.29, 0.717) is 5.57 Å². The summed E-state index contributed by atoms with van der Waals surface area (Å²) in [6.45, 7) is 5.74. The van der Waals surface area contributed by atoms with Crippen LogP contribution in [0, 0.1) is 5.92 Å². The highest BCUT2D eigenvalue weighted by atomic mass is 16.4. The minimum absolute atomic E-state index is 0.191. The van der Waals surface area contributed by atoms with Crippen LogP contribution in [0.4, 0.5) is 0 Å². The van der Waals surface area contributed by atoms with Crippen molar-refractivity contribution in [1.29, 1.82) is 0 Å². The molecule has 0 aromatic rings. The first-order chi connectivity index (χ1) is 10.8. The number of carbonyl (C=O) groups is 2. The van der Waals surface area contributed by atoms with E-state index < -0.39 is 5.97 Å². The monoisotopic (exact) mass is 315 g/mol. The molecule has 23 heavy (non-hydrogen) atoms. The molecule has 1 amide bonds. The standard InChI is InChI=1S/C19H25NO3/c1-13(6-4-7-14(2)12-18(21)22)10-11-16-15(3)8-5-9-17(16)19(20)23/h4,6-7,10-12,17H,5,8-9H2,1-3H3,(H2,20,23)(H,21,22)/b7-4+,11-10+,13-6+,14-12+/t17-/m0/s1. The third kappa shape index (κ3) is 6.51. The van der Waals surface area contributed by atoms with Crippen LogP contribution in [0.3, 0.4) is 0 Å². The van der Waals surface area contributed by atoms with Crippen molar-refractivity contribution in [3.63, 3.8) is 0 Å². The van der Waals surface area contributed by atoms with E-state index in [4.69, 9.17) is 10.8 Å². The Morgan fingerprint density at radius 2 is 1.91 bits per heavy atom. The van der Waals surface area contributed by atoms with Crippen LogP contribution < -0.4 is 5.73 Å². The summed E-state index contributed by atoms with van der Waals surface area (Å²) in [4.78, 5) is 22.1. The highest BCUT2D eigenvalue weighted by Gasteiger charge is 2.23. The lowest BCUT2D eigenvalue weighted by atomic mass is 9.82. The third-order valence-electron chi connectivity index (χ3n) is 3.85. The van der Waals surface area contributed by atoms with Crippen molar-refractivity contribution in [3.05, 3.63) is 58.7 Å². The lowest BCUT2D eigenvalue weighted by molar-refractivity contribution is -0.131. The Kier molecular flexibility index (Phi) is 7.26. The molecule has 0 saturated heterocycles. The number of hydrogen-bond donors (Lipinski definition) is 2. The first-order valence-corrected chi connectivity index (χ1v) is 7.74. The van der Waals surface area contributed by atoms with E-state index in [9.17, 15) is 9.59 Å². The Balaban J connectivity index is 2.82. The first-order valence-electron chi connectivity index (χ1n) is 7.74. The normalized spacial score (nSPS) is 20.6. The van der Waals surface area contributed by atoms with Crippen LogP contribution in [0.25, 0.3) is 0 Å². The number of hydrogen-bond acceptors (Lipinski definition) is 2. The number of carboxylic acid groups (broad SMARTS) is 1. The van der Waals surface area contributed by atoms with Gasteiger partial charge in [-0.3, -0.25) is 4.79 Å². The van der Waals surface area contributed by atoms with Gasteiger partial charge in [0.05, 0.1) is 5.92 Å². The fraction of sp³-hybridized carbons (Fsp3) is 0.368. The molecular weight excluding hydrogens is 290 g/mol. The summed E-state index contributed by atoms with van der Waals surface area (Å²) >= 11 is 0. The summed E-state index contributed by atoms with van der Waals surface area (Å²) in [5, 5.41) is 8.64. The van der Waals surface area contributed by atoms with Gasteiger partial charge in [0, 0.05) is 6.08 Å². The van der Waals surface area contributed by atoms with Crippen molar-refractivity contribution in [3.8, 4) is 0 Å². The van der Waals surface area contributed by atoms with E-state index in [1.54, 1.807) is 13.0 Å². The topological polar surface area (TPSA) is 80.4 Å². The summed E-state index contributed by atoms with van der Waals surface area (Å²) in [6.07, 6.45) is 13.4. The Morgan fingerprint density at radius 1 is 1.22 bits per heavy atom. The second kappa shape index (κ2) is 8.93. The molecule has 1 rings (SSSR count). The molecule has 0 heterocycles. The Bertz CT molecular complexity index is 619. The summed E-state index contributed by atoms with van der Waals surface area (Å²) in [5.74, 6) is -1.41. The summed E-state index contributed by atoms with van der Waals surface area (Å²) in [5.41, 5.74) is 9.43. The third-order valence-corrected chi connectivity index (χ3v) is 3.85. The van der Waals surface area contributed by atoms with Gasteiger partial charge in [0.2, 0.25) is 5.91 Å². The Morgan fingerprint density at radius 3 is 2.52 bits per heavy atom. The first kappa shape index (κ1) is 18.7. The molecule has 4 nitrogen and oxygen atoms in total. The Labute approximate surface area is 137 Å². The van der Waals surface area contributed by atoms with E-state index in [2.05, 4.69) is 0 Å². The lowest BCUT2D eigenvalue weighted by Crippen LogP contribution is -2.27. The van der Waals surface area contributed by atoms with Gasteiger partial charge in [0.25, 0.3) is 0 Å². The van der Waals surface area contributed by atoms with Gasteiger partial charge in [0.15, 0.2) is 0 Å². The quantitative estimate of drug-likeness (QED) is 0.579. The molecule has 3 N–H and O–H groups in total. The number of primary amides is 1.